The third kappa shape index (κ3) is 4.40. The van der Waals surface area contributed by atoms with Gasteiger partial charge in [0.15, 0.2) is 5.69 Å². The molecule has 1 aliphatic carbocycles. The molecule has 0 bridgehead atoms. The summed E-state index contributed by atoms with van der Waals surface area (Å²) in [4.78, 5) is 17.0. The average molecular weight is 518 g/mol. The van der Waals surface area contributed by atoms with Crippen LogP contribution in [0.1, 0.15) is 30.1 Å². The zero-order valence-electron chi connectivity index (χ0n) is 20.4. The molecular formula is C27H21F3N6O2. The van der Waals surface area contributed by atoms with E-state index in [9.17, 15) is 13.2 Å². The van der Waals surface area contributed by atoms with Crippen molar-refractivity contribution in [2.75, 3.05) is 7.11 Å². The van der Waals surface area contributed by atoms with Crippen molar-refractivity contribution in [1.29, 1.82) is 0 Å². The summed E-state index contributed by atoms with van der Waals surface area (Å²) in [7, 11) is 3.12. The van der Waals surface area contributed by atoms with Gasteiger partial charge < -0.3 is 13.8 Å². The third-order valence-corrected chi connectivity index (χ3v) is 6.41. The molecule has 0 spiro atoms. The fourth-order valence-corrected chi connectivity index (χ4v) is 4.35. The number of benzene rings is 2. The molecule has 38 heavy (non-hydrogen) atoms. The van der Waals surface area contributed by atoms with Crippen LogP contribution in [-0.4, -0.2) is 36.8 Å². The van der Waals surface area contributed by atoms with E-state index in [4.69, 9.17) is 9.26 Å². The minimum absolute atomic E-state index is 0.209. The summed E-state index contributed by atoms with van der Waals surface area (Å²) < 4.78 is 51.3. The summed E-state index contributed by atoms with van der Waals surface area (Å²) in [6, 6.07) is 14.5. The van der Waals surface area contributed by atoms with Crippen LogP contribution in [0.15, 0.2) is 65.6 Å². The van der Waals surface area contributed by atoms with Gasteiger partial charge in [-0.05, 0) is 30.5 Å². The van der Waals surface area contributed by atoms with Gasteiger partial charge >= 0.3 is 6.18 Å². The van der Waals surface area contributed by atoms with Gasteiger partial charge in [-0.15, -0.1) is 0 Å². The molecular weight excluding hydrogens is 497 g/mol. The van der Waals surface area contributed by atoms with Crippen LogP contribution >= 0.6 is 0 Å². The van der Waals surface area contributed by atoms with E-state index in [2.05, 4.69) is 25.1 Å². The van der Waals surface area contributed by atoms with Crippen molar-refractivity contribution < 1.29 is 22.4 Å². The number of aryl methyl sites for hydroxylation is 1. The predicted octanol–water partition coefficient (Wildman–Crippen LogP) is 6.17. The van der Waals surface area contributed by atoms with Gasteiger partial charge in [-0.3, -0.25) is 0 Å². The van der Waals surface area contributed by atoms with Gasteiger partial charge in [-0.2, -0.15) is 18.2 Å². The minimum Gasteiger partial charge on any atom is -0.480 e. The number of ether oxygens (including phenoxy) is 1. The van der Waals surface area contributed by atoms with Crippen molar-refractivity contribution in [3.8, 4) is 51.2 Å². The Morgan fingerprint density at radius 3 is 2.18 bits per heavy atom. The Morgan fingerprint density at radius 2 is 1.55 bits per heavy atom. The van der Waals surface area contributed by atoms with E-state index in [0.29, 0.717) is 34.6 Å². The fourth-order valence-electron chi connectivity index (χ4n) is 4.35. The number of halogens is 3. The number of imidazole rings is 1. The predicted molar refractivity (Wildman–Crippen MR) is 132 cm³/mol. The highest BCUT2D eigenvalue weighted by molar-refractivity contribution is 5.74. The highest BCUT2D eigenvalue weighted by Gasteiger charge is 2.34. The second-order valence-electron chi connectivity index (χ2n) is 9.05. The molecule has 0 N–H and O–H groups in total. The van der Waals surface area contributed by atoms with Crippen LogP contribution < -0.4 is 4.74 Å². The fraction of sp³-hybridized carbons (Fsp3) is 0.222. The maximum absolute atomic E-state index is 13.0. The Morgan fingerprint density at radius 1 is 0.895 bits per heavy atom. The Labute approximate surface area is 215 Å². The van der Waals surface area contributed by atoms with E-state index >= 15 is 0 Å². The number of rotatable bonds is 6. The van der Waals surface area contributed by atoms with Crippen LogP contribution in [0.4, 0.5) is 13.2 Å². The standard InChI is InChI=1S/C27H21F3N6O2/c1-36-13-20(27(28,29)30)33-24(36)18-9-11-19(12-10-18)25-34-23(35-38-25)17-7-3-15(4-8-17)21-22(16-5-6-16)31-14-32-26(21)37-2/h3-4,7-14,16H,5-6H2,1-2H3. The molecule has 0 amide bonds. The highest BCUT2D eigenvalue weighted by atomic mass is 19.4. The van der Waals surface area contributed by atoms with Crippen LogP contribution in [-0.2, 0) is 13.2 Å². The van der Waals surface area contributed by atoms with Gasteiger partial charge in [0.25, 0.3) is 5.89 Å². The lowest BCUT2D eigenvalue weighted by atomic mass is 10.0. The van der Waals surface area contributed by atoms with Crippen molar-refractivity contribution in [1.82, 2.24) is 29.7 Å². The molecule has 3 aromatic heterocycles. The van der Waals surface area contributed by atoms with Crippen LogP contribution in [0.5, 0.6) is 5.88 Å². The molecule has 0 radical (unpaired) electrons. The number of hydrogen-bond donors (Lipinski definition) is 0. The van der Waals surface area contributed by atoms with Gasteiger partial charge in [0.05, 0.1) is 18.4 Å². The lowest BCUT2D eigenvalue weighted by Crippen LogP contribution is -2.04. The molecule has 8 nitrogen and oxygen atoms in total. The van der Waals surface area contributed by atoms with Gasteiger partial charge in [0.1, 0.15) is 12.2 Å². The van der Waals surface area contributed by atoms with Gasteiger partial charge in [0.2, 0.25) is 11.7 Å². The van der Waals surface area contributed by atoms with E-state index in [1.165, 1.54) is 17.9 Å². The number of methoxy groups -OCH3 is 1. The van der Waals surface area contributed by atoms with Crippen LogP contribution in [0.3, 0.4) is 0 Å². The van der Waals surface area contributed by atoms with Gasteiger partial charge in [-0.25, -0.2) is 15.0 Å². The summed E-state index contributed by atoms with van der Waals surface area (Å²) in [5.74, 6) is 1.88. The molecule has 2 aromatic carbocycles. The number of nitrogens with zero attached hydrogens (tertiary/aromatic N) is 6. The Kier molecular flexibility index (Phi) is 5.70. The zero-order chi connectivity index (χ0) is 26.4. The first-order valence-corrected chi connectivity index (χ1v) is 11.9. The third-order valence-electron chi connectivity index (χ3n) is 6.41. The molecule has 1 fully saturated rings. The average Bonchev–Trinajstić information content (AvgIpc) is 3.51. The quantitative estimate of drug-likeness (QED) is 0.266. The second kappa shape index (κ2) is 9.09. The van der Waals surface area contributed by atoms with Crippen molar-refractivity contribution in [3.63, 3.8) is 0 Å². The lowest BCUT2D eigenvalue weighted by Gasteiger charge is -2.12. The smallest absolute Gasteiger partial charge is 0.434 e. The summed E-state index contributed by atoms with van der Waals surface area (Å²) in [5.41, 5.74) is 3.83. The number of aromatic nitrogens is 6. The van der Waals surface area contributed by atoms with Crippen molar-refractivity contribution in [2.24, 2.45) is 7.05 Å². The maximum atomic E-state index is 13.0. The Balaban J connectivity index is 1.24. The molecule has 11 heteroatoms. The topological polar surface area (TPSA) is 91.8 Å². The highest BCUT2D eigenvalue weighted by Crippen LogP contribution is 2.45. The van der Waals surface area contributed by atoms with Gasteiger partial charge in [-0.1, -0.05) is 41.6 Å². The summed E-state index contributed by atoms with van der Waals surface area (Å²) in [6.45, 7) is 0. The second-order valence-corrected chi connectivity index (χ2v) is 9.05. The molecule has 0 unspecified atom stereocenters. The Hall–Kier alpha value is -4.54. The summed E-state index contributed by atoms with van der Waals surface area (Å²) in [6.07, 6.45) is 0.206. The SMILES string of the molecule is COc1ncnc(C2CC2)c1-c1ccc(-c2noc(-c3ccc(-c4nc(C(F)(F)F)cn4C)cc3)n2)cc1. The molecule has 5 aromatic rings. The molecule has 3 heterocycles. The van der Waals surface area contributed by atoms with Gasteiger partial charge in [0, 0.05) is 35.9 Å². The zero-order valence-corrected chi connectivity index (χ0v) is 20.4. The monoisotopic (exact) mass is 518 g/mol. The van der Waals surface area contributed by atoms with Crippen LogP contribution in [0.2, 0.25) is 0 Å². The maximum Gasteiger partial charge on any atom is 0.434 e. The Bertz CT molecular complexity index is 1600. The van der Waals surface area contributed by atoms with E-state index in [1.54, 1.807) is 31.4 Å². The minimum atomic E-state index is -4.51. The van der Waals surface area contributed by atoms with E-state index < -0.39 is 11.9 Å². The van der Waals surface area contributed by atoms with E-state index in [1.807, 2.05) is 24.3 Å². The largest absolute Gasteiger partial charge is 0.480 e. The first kappa shape index (κ1) is 23.8. The van der Waals surface area contributed by atoms with E-state index in [-0.39, 0.29) is 5.82 Å². The summed E-state index contributed by atoms with van der Waals surface area (Å²) >= 11 is 0. The van der Waals surface area contributed by atoms with Crippen molar-refractivity contribution in [2.45, 2.75) is 24.9 Å². The summed E-state index contributed by atoms with van der Waals surface area (Å²) in [5, 5.41) is 4.10. The molecule has 1 saturated carbocycles. The molecule has 0 atom stereocenters. The molecule has 0 saturated heterocycles. The molecule has 1 aliphatic rings. The first-order chi connectivity index (χ1) is 18.3. The number of hydrogen-bond acceptors (Lipinski definition) is 7. The normalized spacial score (nSPS) is 13.6. The molecule has 6 rings (SSSR count). The van der Waals surface area contributed by atoms with Crippen molar-refractivity contribution in [3.05, 3.63) is 72.4 Å². The van der Waals surface area contributed by atoms with Crippen molar-refractivity contribution >= 4 is 0 Å². The lowest BCUT2D eigenvalue weighted by molar-refractivity contribution is -0.140. The number of alkyl halides is 3. The van der Waals surface area contributed by atoms with Crippen LogP contribution in [0, 0.1) is 0 Å². The molecule has 0 aliphatic heterocycles. The molecule has 192 valence electrons. The van der Waals surface area contributed by atoms with Crippen LogP contribution in [0.25, 0.3) is 45.4 Å². The first-order valence-electron chi connectivity index (χ1n) is 11.9. The van der Waals surface area contributed by atoms with E-state index in [0.717, 1.165) is 41.4 Å².